The van der Waals surface area contributed by atoms with Crippen LogP contribution >= 0.6 is 11.8 Å². The molecule has 20 heavy (non-hydrogen) atoms. The molecule has 0 aliphatic rings. The molecule has 0 saturated carbocycles. The van der Waals surface area contributed by atoms with Crippen molar-refractivity contribution in [2.24, 2.45) is 0 Å². The van der Waals surface area contributed by atoms with Gasteiger partial charge in [0, 0.05) is 0 Å². The number of carbonyl (C=O) groups excluding carboxylic acids is 1. The zero-order valence-electron chi connectivity index (χ0n) is 13.7. The van der Waals surface area contributed by atoms with Crippen molar-refractivity contribution in [2.45, 2.75) is 90.2 Å². The third kappa shape index (κ3) is 8.13. The molecule has 0 N–H and O–H groups in total. The van der Waals surface area contributed by atoms with Crippen molar-refractivity contribution >= 4 is 17.7 Å². The average Bonchev–Trinajstić information content (AvgIpc) is 2.34. The fourth-order valence-electron chi connectivity index (χ4n) is 2.11. The molecule has 0 heterocycles. The van der Waals surface area contributed by atoms with Crippen molar-refractivity contribution in [1.82, 2.24) is 0 Å². The highest BCUT2D eigenvalue weighted by atomic mass is 32.2. The molecule has 0 aliphatic heterocycles. The minimum absolute atomic E-state index is 0.0842. The van der Waals surface area contributed by atoms with Crippen molar-refractivity contribution < 1.29 is 13.9 Å². The zero-order valence-corrected chi connectivity index (χ0v) is 14.5. The third-order valence-electron chi connectivity index (χ3n) is 3.19. The van der Waals surface area contributed by atoms with E-state index >= 15 is 0 Å². The Morgan fingerprint density at radius 2 is 1.90 bits per heavy atom. The summed E-state index contributed by atoms with van der Waals surface area (Å²) in [6, 6.07) is 0. The van der Waals surface area contributed by atoms with Crippen LogP contribution in [0.1, 0.15) is 73.1 Å². The van der Waals surface area contributed by atoms with Gasteiger partial charge in [-0.3, -0.25) is 4.79 Å². The molecule has 0 aliphatic carbocycles. The van der Waals surface area contributed by atoms with Gasteiger partial charge < -0.3 is 4.74 Å². The molecule has 0 bridgehead atoms. The lowest BCUT2D eigenvalue weighted by atomic mass is 10.1. The molecule has 0 aromatic heterocycles. The minimum Gasteiger partial charge on any atom is -0.462 e. The molecule has 2 unspecified atom stereocenters. The maximum Gasteiger partial charge on any atom is 0.322 e. The number of hydrogen-bond acceptors (Lipinski definition) is 3. The molecule has 4 heteroatoms. The SMILES string of the molecule is CCCC(F)CCCSC(C)(CCC)C(=O)OC(C)C. The van der Waals surface area contributed by atoms with E-state index < -0.39 is 10.9 Å². The molecule has 0 saturated heterocycles. The van der Waals surface area contributed by atoms with E-state index in [4.69, 9.17) is 4.74 Å². The number of carbonyl (C=O) groups is 1. The van der Waals surface area contributed by atoms with Gasteiger partial charge >= 0.3 is 5.97 Å². The molecule has 0 aromatic rings. The molecule has 2 nitrogen and oxygen atoms in total. The molecule has 0 fully saturated rings. The highest BCUT2D eigenvalue weighted by Crippen LogP contribution is 2.33. The normalized spacial score (nSPS) is 15.9. The first-order valence-electron chi connectivity index (χ1n) is 7.84. The maximum atomic E-state index is 13.4. The fraction of sp³-hybridized carbons (Fsp3) is 0.938. The van der Waals surface area contributed by atoms with Crippen molar-refractivity contribution in [2.75, 3.05) is 5.75 Å². The molecule has 0 radical (unpaired) electrons. The van der Waals surface area contributed by atoms with E-state index in [1.54, 1.807) is 11.8 Å². The lowest BCUT2D eigenvalue weighted by molar-refractivity contribution is -0.150. The number of esters is 1. The summed E-state index contributed by atoms with van der Waals surface area (Å²) in [5.41, 5.74) is 0. The van der Waals surface area contributed by atoms with Crippen LogP contribution in [0.2, 0.25) is 0 Å². The Bertz CT molecular complexity index is 271. The molecular formula is C16H31FO2S. The molecule has 0 spiro atoms. The first kappa shape index (κ1) is 19.8. The number of ether oxygens (including phenoxy) is 1. The van der Waals surface area contributed by atoms with Gasteiger partial charge in [-0.2, -0.15) is 0 Å². The number of alkyl halides is 1. The monoisotopic (exact) mass is 306 g/mol. The van der Waals surface area contributed by atoms with Crippen LogP contribution in [0, 0.1) is 0 Å². The first-order valence-corrected chi connectivity index (χ1v) is 8.83. The summed E-state index contributed by atoms with van der Waals surface area (Å²) in [5.74, 6) is 0.679. The Hall–Kier alpha value is -0.250. The molecule has 2 atom stereocenters. The molecule has 120 valence electrons. The van der Waals surface area contributed by atoms with Crippen molar-refractivity contribution in [3.63, 3.8) is 0 Å². The second kappa shape index (κ2) is 10.5. The number of halogens is 1. The number of rotatable bonds is 11. The maximum absolute atomic E-state index is 13.4. The molecule has 0 aromatic carbocycles. The van der Waals surface area contributed by atoms with Crippen LogP contribution in [-0.4, -0.2) is 28.7 Å². The summed E-state index contributed by atoms with van der Waals surface area (Å²) in [6.45, 7) is 9.76. The van der Waals surface area contributed by atoms with E-state index in [2.05, 4.69) is 6.92 Å². The summed E-state index contributed by atoms with van der Waals surface area (Å²) in [4.78, 5) is 12.2. The predicted molar refractivity (Wildman–Crippen MR) is 86.0 cm³/mol. The largest absolute Gasteiger partial charge is 0.462 e. The Balaban J connectivity index is 4.22. The summed E-state index contributed by atoms with van der Waals surface area (Å²) in [7, 11) is 0. The van der Waals surface area contributed by atoms with E-state index in [1.165, 1.54) is 0 Å². The summed E-state index contributed by atoms with van der Waals surface area (Å²) < 4.78 is 18.3. The topological polar surface area (TPSA) is 26.3 Å². The smallest absolute Gasteiger partial charge is 0.322 e. The van der Waals surface area contributed by atoms with E-state index in [0.717, 1.165) is 31.4 Å². The van der Waals surface area contributed by atoms with E-state index in [0.29, 0.717) is 12.8 Å². The van der Waals surface area contributed by atoms with Gasteiger partial charge in [0.15, 0.2) is 0 Å². The standard InChI is InChI=1S/C16H31FO2S/c1-6-9-14(17)10-8-12-20-16(5,11-7-2)15(18)19-13(3)4/h13-14H,6-12H2,1-5H3. The lowest BCUT2D eigenvalue weighted by Crippen LogP contribution is -2.35. The number of thioether (sulfide) groups is 1. The van der Waals surface area contributed by atoms with Gasteiger partial charge in [-0.1, -0.05) is 26.7 Å². The van der Waals surface area contributed by atoms with Crippen molar-refractivity contribution in [3.8, 4) is 0 Å². The Kier molecular flexibility index (Phi) is 10.3. The molecule has 0 amide bonds. The van der Waals surface area contributed by atoms with Crippen LogP contribution in [0.5, 0.6) is 0 Å². The van der Waals surface area contributed by atoms with Gasteiger partial charge in [0.05, 0.1) is 6.10 Å². The van der Waals surface area contributed by atoms with E-state index in [9.17, 15) is 9.18 Å². The van der Waals surface area contributed by atoms with E-state index in [-0.39, 0.29) is 12.1 Å². The van der Waals surface area contributed by atoms with Gasteiger partial charge in [0.2, 0.25) is 0 Å². The summed E-state index contributed by atoms with van der Waals surface area (Å²) >= 11 is 1.62. The highest BCUT2D eigenvalue weighted by Gasteiger charge is 2.34. The van der Waals surface area contributed by atoms with Gasteiger partial charge in [-0.25, -0.2) is 4.39 Å². The molecular weight excluding hydrogens is 275 g/mol. The number of hydrogen-bond donors (Lipinski definition) is 0. The van der Waals surface area contributed by atoms with Gasteiger partial charge in [-0.05, 0) is 52.2 Å². The fourth-order valence-corrected chi connectivity index (χ4v) is 3.38. The van der Waals surface area contributed by atoms with E-state index in [1.807, 2.05) is 27.7 Å². The third-order valence-corrected chi connectivity index (χ3v) is 4.69. The van der Waals surface area contributed by atoms with Crippen molar-refractivity contribution in [1.29, 1.82) is 0 Å². The van der Waals surface area contributed by atoms with Gasteiger partial charge in [0.1, 0.15) is 10.9 Å². The van der Waals surface area contributed by atoms with Crippen LogP contribution in [0.15, 0.2) is 0 Å². The minimum atomic E-state index is -0.694. The zero-order chi connectivity index (χ0) is 15.6. The van der Waals surface area contributed by atoms with Crippen LogP contribution in [0.4, 0.5) is 4.39 Å². The Labute approximate surface area is 128 Å². The van der Waals surface area contributed by atoms with Crippen LogP contribution < -0.4 is 0 Å². The second-order valence-electron chi connectivity index (χ2n) is 5.81. The van der Waals surface area contributed by atoms with Crippen LogP contribution in [0.3, 0.4) is 0 Å². The summed E-state index contributed by atoms with van der Waals surface area (Å²) in [6.07, 6.45) is 3.92. The quantitative estimate of drug-likeness (QED) is 0.390. The van der Waals surface area contributed by atoms with Gasteiger partial charge in [-0.15, -0.1) is 11.8 Å². The van der Waals surface area contributed by atoms with Crippen molar-refractivity contribution in [3.05, 3.63) is 0 Å². The van der Waals surface area contributed by atoms with Crippen LogP contribution in [0.25, 0.3) is 0 Å². The first-order chi connectivity index (χ1) is 9.35. The van der Waals surface area contributed by atoms with Crippen LogP contribution in [-0.2, 0) is 9.53 Å². The predicted octanol–water partition coefficient (Wildman–Crippen LogP) is 5.15. The highest BCUT2D eigenvalue weighted by molar-refractivity contribution is 8.01. The second-order valence-corrected chi connectivity index (χ2v) is 7.41. The average molecular weight is 306 g/mol. The molecule has 0 rings (SSSR count). The Morgan fingerprint density at radius 3 is 2.40 bits per heavy atom. The summed E-state index contributed by atoms with van der Waals surface area (Å²) in [5, 5.41) is 0. The van der Waals surface area contributed by atoms with Gasteiger partial charge in [0.25, 0.3) is 0 Å². The lowest BCUT2D eigenvalue weighted by Gasteiger charge is -2.27. The Morgan fingerprint density at radius 1 is 1.25 bits per heavy atom.